The van der Waals surface area contributed by atoms with Gasteiger partial charge < -0.3 is 10.1 Å². The maximum absolute atomic E-state index is 5.60. The van der Waals surface area contributed by atoms with Gasteiger partial charge >= 0.3 is 0 Å². The molecule has 0 unspecified atom stereocenters. The quantitative estimate of drug-likeness (QED) is 0.722. The average molecular weight is 227 g/mol. The molecule has 0 saturated heterocycles. The monoisotopic (exact) mass is 227 g/mol. The summed E-state index contributed by atoms with van der Waals surface area (Å²) in [6.45, 7) is 1.65. The van der Waals surface area contributed by atoms with Crippen LogP contribution in [0.2, 0.25) is 0 Å². The molecule has 1 aromatic carbocycles. The van der Waals surface area contributed by atoms with Crippen molar-refractivity contribution < 1.29 is 4.74 Å². The lowest BCUT2D eigenvalue weighted by Gasteiger charge is -2.11. The molecule has 0 radical (unpaired) electrons. The topological polar surface area (TPSA) is 49.9 Å². The fourth-order valence-corrected chi connectivity index (χ4v) is 2.71. The van der Waals surface area contributed by atoms with Crippen molar-refractivity contribution in [3.8, 4) is 5.75 Å². The van der Waals surface area contributed by atoms with E-state index in [1.807, 2.05) is 6.20 Å². The molecule has 0 spiro atoms. The van der Waals surface area contributed by atoms with E-state index >= 15 is 0 Å². The first-order chi connectivity index (χ1) is 8.42. The largest absolute Gasteiger partial charge is 0.493 e. The van der Waals surface area contributed by atoms with Crippen molar-refractivity contribution in [2.45, 2.75) is 19.4 Å². The molecule has 4 rings (SSSR count). The summed E-state index contributed by atoms with van der Waals surface area (Å²) in [5.74, 6) is 1.04. The molecule has 86 valence electrons. The third-order valence-electron chi connectivity index (χ3n) is 3.60. The molecule has 0 atom stereocenters. The SMILES string of the molecule is c1n[nH]c2c1CNc1c(ccc3c1CCO3)C2. The van der Waals surface area contributed by atoms with Gasteiger partial charge in [0, 0.05) is 41.9 Å². The molecule has 4 nitrogen and oxygen atoms in total. The Morgan fingerprint density at radius 1 is 1.24 bits per heavy atom. The van der Waals surface area contributed by atoms with Gasteiger partial charge in [0.2, 0.25) is 0 Å². The summed E-state index contributed by atoms with van der Waals surface area (Å²) in [4.78, 5) is 0. The average Bonchev–Trinajstić information content (AvgIpc) is 2.94. The van der Waals surface area contributed by atoms with Gasteiger partial charge in [0.25, 0.3) is 0 Å². The third-order valence-corrected chi connectivity index (χ3v) is 3.60. The van der Waals surface area contributed by atoms with Crippen molar-refractivity contribution in [2.75, 3.05) is 11.9 Å². The van der Waals surface area contributed by atoms with E-state index in [9.17, 15) is 0 Å². The van der Waals surface area contributed by atoms with Crippen molar-refractivity contribution in [3.63, 3.8) is 0 Å². The highest BCUT2D eigenvalue weighted by atomic mass is 16.5. The van der Waals surface area contributed by atoms with E-state index in [1.54, 1.807) is 0 Å². The summed E-state index contributed by atoms with van der Waals surface area (Å²) in [6, 6.07) is 4.24. The van der Waals surface area contributed by atoms with Crippen LogP contribution in [0.5, 0.6) is 5.75 Å². The number of hydrogen-bond acceptors (Lipinski definition) is 3. The molecule has 2 aliphatic heterocycles. The first-order valence-electron chi connectivity index (χ1n) is 5.94. The van der Waals surface area contributed by atoms with Gasteiger partial charge in [-0.2, -0.15) is 5.10 Å². The third kappa shape index (κ3) is 1.27. The number of nitrogens with one attached hydrogen (secondary N) is 2. The van der Waals surface area contributed by atoms with Crippen LogP contribution in [0.15, 0.2) is 18.3 Å². The number of aromatic nitrogens is 2. The Hall–Kier alpha value is -1.97. The summed E-state index contributed by atoms with van der Waals surface area (Å²) in [6.07, 6.45) is 3.84. The van der Waals surface area contributed by atoms with Gasteiger partial charge in [-0.15, -0.1) is 0 Å². The minimum atomic E-state index is 0.806. The second-order valence-electron chi connectivity index (χ2n) is 4.58. The number of nitrogens with zero attached hydrogens (tertiary/aromatic N) is 1. The number of aromatic amines is 1. The Bertz CT molecular complexity index is 588. The molecule has 0 amide bonds. The summed E-state index contributed by atoms with van der Waals surface area (Å²) >= 11 is 0. The first kappa shape index (κ1) is 9.10. The van der Waals surface area contributed by atoms with Crippen LogP contribution in [-0.2, 0) is 19.4 Å². The van der Waals surface area contributed by atoms with Crippen LogP contribution in [0, 0.1) is 0 Å². The van der Waals surface area contributed by atoms with Crippen molar-refractivity contribution in [1.29, 1.82) is 0 Å². The summed E-state index contributed by atoms with van der Waals surface area (Å²) in [5.41, 5.74) is 6.41. The van der Waals surface area contributed by atoms with Crippen LogP contribution in [0.3, 0.4) is 0 Å². The number of fused-ring (bicyclic) bond motifs is 4. The molecule has 1 aromatic heterocycles. The smallest absolute Gasteiger partial charge is 0.124 e. The zero-order valence-electron chi connectivity index (χ0n) is 9.42. The molecule has 0 saturated carbocycles. The lowest BCUT2D eigenvalue weighted by molar-refractivity contribution is 0.357. The van der Waals surface area contributed by atoms with Gasteiger partial charge in [0.15, 0.2) is 0 Å². The number of H-pyrrole nitrogens is 1. The second kappa shape index (κ2) is 3.26. The predicted molar refractivity (Wildman–Crippen MR) is 64.4 cm³/mol. The molecule has 4 heteroatoms. The van der Waals surface area contributed by atoms with E-state index < -0.39 is 0 Å². The lowest BCUT2D eigenvalue weighted by Crippen LogP contribution is -2.01. The van der Waals surface area contributed by atoms with Crippen molar-refractivity contribution >= 4 is 5.69 Å². The highest BCUT2D eigenvalue weighted by molar-refractivity contribution is 5.66. The minimum Gasteiger partial charge on any atom is -0.493 e. The molecule has 3 heterocycles. The van der Waals surface area contributed by atoms with E-state index in [0.717, 1.165) is 31.7 Å². The van der Waals surface area contributed by atoms with E-state index in [1.165, 1.54) is 28.1 Å². The van der Waals surface area contributed by atoms with Gasteiger partial charge in [0.1, 0.15) is 5.75 Å². The van der Waals surface area contributed by atoms with Gasteiger partial charge in [-0.3, -0.25) is 5.10 Å². The molecule has 2 aliphatic rings. The molecule has 0 aliphatic carbocycles. The number of benzene rings is 1. The maximum atomic E-state index is 5.60. The van der Waals surface area contributed by atoms with Crippen LogP contribution in [0.1, 0.15) is 22.4 Å². The van der Waals surface area contributed by atoms with Crippen LogP contribution in [0.25, 0.3) is 0 Å². The highest BCUT2D eigenvalue weighted by Crippen LogP contribution is 2.37. The summed E-state index contributed by atoms with van der Waals surface area (Å²) < 4.78 is 5.60. The van der Waals surface area contributed by atoms with Gasteiger partial charge in [-0.25, -0.2) is 0 Å². The van der Waals surface area contributed by atoms with Gasteiger partial charge in [-0.05, 0) is 11.6 Å². The van der Waals surface area contributed by atoms with Gasteiger partial charge in [-0.1, -0.05) is 6.07 Å². The molecular weight excluding hydrogens is 214 g/mol. The van der Waals surface area contributed by atoms with E-state index in [0.29, 0.717) is 0 Å². The number of anilines is 1. The van der Waals surface area contributed by atoms with Crippen LogP contribution in [-0.4, -0.2) is 16.8 Å². The lowest BCUT2D eigenvalue weighted by atomic mass is 10.0. The predicted octanol–water partition coefficient (Wildman–Crippen LogP) is 1.86. The van der Waals surface area contributed by atoms with Crippen molar-refractivity contribution in [2.24, 2.45) is 0 Å². The molecule has 2 aromatic rings. The number of hydrogen-bond donors (Lipinski definition) is 2. The fraction of sp³-hybridized carbons (Fsp3) is 0.308. The van der Waals surface area contributed by atoms with Gasteiger partial charge in [0.05, 0.1) is 12.8 Å². The fourth-order valence-electron chi connectivity index (χ4n) is 2.71. The molecule has 0 fully saturated rings. The maximum Gasteiger partial charge on any atom is 0.124 e. The molecule has 0 bridgehead atoms. The van der Waals surface area contributed by atoms with Crippen LogP contribution in [0.4, 0.5) is 5.69 Å². The molecular formula is C13H13N3O. The number of ether oxygens (including phenoxy) is 1. The van der Waals surface area contributed by atoms with Crippen LogP contribution < -0.4 is 10.1 Å². The standard InChI is InChI=1S/C13H13N3O/c1-2-12-10(3-4-17-12)13-8(1)5-11-9(6-14-13)7-15-16-11/h1-2,7,14H,3-6H2,(H,15,16). The first-order valence-corrected chi connectivity index (χ1v) is 5.94. The molecule has 17 heavy (non-hydrogen) atoms. The van der Waals surface area contributed by atoms with E-state index in [-0.39, 0.29) is 0 Å². The van der Waals surface area contributed by atoms with E-state index in [4.69, 9.17) is 4.74 Å². The Kier molecular flexibility index (Phi) is 1.75. The van der Waals surface area contributed by atoms with E-state index in [2.05, 4.69) is 27.6 Å². The summed E-state index contributed by atoms with van der Waals surface area (Å²) in [5, 5.41) is 10.7. The summed E-state index contributed by atoms with van der Waals surface area (Å²) in [7, 11) is 0. The van der Waals surface area contributed by atoms with Crippen molar-refractivity contribution in [3.05, 3.63) is 40.7 Å². The zero-order valence-corrected chi connectivity index (χ0v) is 9.42. The van der Waals surface area contributed by atoms with Crippen molar-refractivity contribution in [1.82, 2.24) is 10.2 Å². The molecule has 2 N–H and O–H groups in total. The Morgan fingerprint density at radius 2 is 2.24 bits per heavy atom. The highest BCUT2D eigenvalue weighted by Gasteiger charge is 2.22. The normalized spacial score (nSPS) is 16.2. The Morgan fingerprint density at radius 3 is 3.24 bits per heavy atom. The minimum absolute atomic E-state index is 0.806. The zero-order chi connectivity index (χ0) is 11.2. The van der Waals surface area contributed by atoms with Crippen LogP contribution >= 0.6 is 0 Å². The Labute approximate surface area is 99.0 Å². The Balaban J connectivity index is 1.86. The second-order valence-corrected chi connectivity index (χ2v) is 4.58. The number of rotatable bonds is 0.